The van der Waals surface area contributed by atoms with E-state index in [-0.39, 0.29) is 24.3 Å². The Morgan fingerprint density at radius 2 is 1.92 bits per heavy atom. The Balaban J connectivity index is 1.83. The van der Waals surface area contributed by atoms with Gasteiger partial charge in [0.2, 0.25) is 5.91 Å². The Hall–Kier alpha value is -2.25. The molecule has 0 bridgehead atoms. The molecule has 0 saturated heterocycles. The first-order valence-electron chi connectivity index (χ1n) is 9.04. The van der Waals surface area contributed by atoms with Crippen LogP contribution in [0.1, 0.15) is 42.5 Å². The van der Waals surface area contributed by atoms with Gasteiger partial charge in [-0.3, -0.25) is 14.4 Å². The number of amides is 1. The summed E-state index contributed by atoms with van der Waals surface area (Å²) in [6, 6.07) is 7.75. The average molecular weight is 361 g/mol. The number of hydrogen-bond donors (Lipinski definition) is 3. The lowest BCUT2D eigenvalue weighted by molar-refractivity contribution is -0.148. The molecule has 5 N–H and O–H groups in total. The molecule has 3 atom stereocenters. The number of nitrogens with two attached hydrogens (primary N) is 2. The van der Waals surface area contributed by atoms with Crippen molar-refractivity contribution in [1.29, 1.82) is 0 Å². The van der Waals surface area contributed by atoms with Gasteiger partial charge >= 0.3 is 5.97 Å². The van der Waals surface area contributed by atoms with Crippen LogP contribution in [-0.2, 0) is 14.3 Å². The number of esters is 1. The molecule has 0 heterocycles. The summed E-state index contributed by atoms with van der Waals surface area (Å²) in [5, 5.41) is 2.85. The number of benzene rings is 1. The third-order valence-corrected chi connectivity index (χ3v) is 4.64. The third-order valence-electron chi connectivity index (χ3n) is 4.64. The van der Waals surface area contributed by atoms with Gasteiger partial charge in [0.15, 0.2) is 12.4 Å². The molecule has 26 heavy (non-hydrogen) atoms. The Bertz CT molecular complexity index is 620. The van der Waals surface area contributed by atoms with Crippen molar-refractivity contribution in [1.82, 2.24) is 5.32 Å². The smallest absolute Gasteiger partial charge is 0.311 e. The van der Waals surface area contributed by atoms with Crippen LogP contribution in [0.4, 0.5) is 0 Å². The summed E-state index contributed by atoms with van der Waals surface area (Å²) in [6.07, 6.45) is 3.32. The Morgan fingerprint density at radius 1 is 1.19 bits per heavy atom. The highest BCUT2D eigenvalue weighted by Gasteiger charge is 2.36. The molecule has 0 aromatic heterocycles. The standard InChI is InChI=1S/C19H27N3O4/c20-11-5-9-15(21)18(24)22-16-10-4-8-14(16)19(25)26-12-17(23)13-6-2-1-3-7-13/h1-3,6-7,14-16H,4-5,8-12,20-21H2,(H,22,24). The van der Waals surface area contributed by atoms with E-state index >= 15 is 0 Å². The molecule has 1 saturated carbocycles. The molecule has 142 valence electrons. The summed E-state index contributed by atoms with van der Waals surface area (Å²) >= 11 is 0. The fourth-order valence-electron chi connectivity index (χ4n) is 3.12. The Labute approximate surface area is 153 Å². The van der Waals surface area contributed by atoms with Gasteiger partial charge in [0.05, 0.1) is 12.0 Å². The average Bonchev–Trinajstić information content (AvgIpc) is 3.12. The molecule has 0 aliphatic heterocycles. The zero-order valence-corrected chi connectivity index (χ0v) is 14.9. The van der Waals surface area contributed by atoms with Crippen LogP contribution in [0.15, 0.2) is 30.3 Å². The number of Topliss-reactive ketones (excluding diaryl/α,β-unsaturated/α-hetero) is 1. The van der Waals surface area contributed by atoms with E-state index in [0.29, 0.717) is 37.8 Å². The minimum Gasteiger partial charge on any atom is -0.457 e. The van der Waals surface area contributed by atoms with Crippen molar-refractivity contribution < 1.29 is 19.1 Å². The van der Waals surface area contributed by atoms with Crippen LogP contribution in [0.5, 0.6) is 0 Å². The fraction of sp³-hybridized carbons (Fsp3) is 0.526. The summed E-state index contributed by atoms with van der Waals surface area (Å²) < 4.78 is 5.19. The number of carbonyl (C=O) groups is 3. The summed E-state index contributed by atoms with van der Waals surface area (Å²) in [6.45, 7) is 0.185. The lowest BCUT2D eigenvalue weighted by Gasteiger charge is -2.21. The predicted molar refractivity (Wildman–Crippen MR) is 97.3 cm³/mol. The van der Waals surface area contributed by atoms with E-state index in [1.54, 1.807) is 24.3 Å². The molecule has 1 aliphatic carbocycles. The van der Waals surface area contributed by atoms with E-state index in [2.05, 4.69) is 5.32 Å². The van der Waals surface area contributed by atoms with Crippen molar-refractivity contribution >= 4 is 17.7 Å². The molecule has 7 nitrogen and oxygen atoms in total. The SMILES string of the molecule is NCCCC(N)C(=O)NC1CCCC1C(=O)OCC(=O)c1ccccc1. The van der Waals surface area contributed by atoms with E-state index in [9.17, 15) is 14.4 Å². The van der Waals surface area contributed by atoms with Gasteiger partial charge in [-0.15, -0.1) is 0 Å². The van der Waals surface area contributed by atoms with Crippen LogP contribution >= 0.6 is 0 Å². The van der Waals surface area contributed by atoms with Crippen LogP contribution in [0.2, 0.25) is 0 Å². The fourth-order valence-corrected chi connectivity index (χ4v) is 3.12. The third kappa shape index (κ3) is 5.64. The maximum Gasteiger partial charge on any atom is 0.311 e. The molecule has 3 unspecified atom stereocenters. The molecule has 1 aromatic carbocycles. The van der Waals surface area contributed by atoms with Gasteiger partial charge in [-0.2, -0.15) is 0 Å². The highest BCUT2D eigenvalue weighted by atomic mass is 16.5. The lowest BCUT2D eigenvalue weighted by Crippen LogP contribution is -2.48. The number of hydrogen-bond acceptors (Lipinski definition) is 6. The zero-order valence-electron chi connectivity index (χ0n) is 14.9. The van der Waals surface area contributed by atoms with Gasteiger partial charge in [-0.25, -0.2) is 0 Å². The normalized spacial score (nSPS) is 20.4. The van der Waals surface area contributed by atoms with Crippen LogP contribution in [0, 0.1) is 5.92 Å². The van der Waals surface area contributed by atoms with Crippen molar-refractivity contribution in [2.75, 3.05) is 13.2 Å². The number of nitrogens with one attached hydrogen (secondary N) is 1. The number of ether oxygens (including phenoxy) is 1. The highest BCUT2D eigenvalue weighted by Crippen LogP contribution is 2.27. The second-order valence-corrected chi connectivity index (χ2v) is 6.59. The summed E-state index contributed by atoms with van der Waals surface area (Å²) in [5.41, 5.74) is 11.8. The molecule has 2 rings (SSSR count). The lowest BCUT2D eigenvalue weighted by atomic mass is 10.0. The molecular formula is C19H27N3O4. The first-order valence-corrected chi connectivity index (χ1v) is 9.04. The van der Waals surface area contributed by atoms with Gasteiger partial charge in [0, 0.05) is 11.6 Å². The van der Waals surface area contributed by atoms with Crippen molar-refractivity contribution in [3.8, 4) is 0 Å². The summed E-state index contributed by atoms with van der Waals surface area (Å²) in [7, 11) is 0. The Kier molecular flexibility index (Phi) is 7.74. The first-order chi connectivity index (χ1) is 12.5. The number of rotatable bonds is 9. The van der Waals surface area contributed by atoms with Crippen molar-refractivity contribution in [3.05, 3.63) is 35.9 Å². The van der Waals surface area contributed by atoms with Crippen LogP contribution in [0.3, 0.4) is 0 Å². The second kappa shape index (κ2) is 10.0. The minimum absolute atomic E-state index is 0.249. The molecule has 0 radical (unpaired) electrons. The first kappa shape index (κ1) is 20.1. The topological polar surface area (TPSA) is 125 Å². The van der Waals surface area contributed by atoms with Crippen molar-refractivity contribution in [2.24, 2.45) is 17.4 Å². The number of ketones is 1. The van der Waals surface area contributed by atoms with Crippen molar-refractivity contribution in [2.45, 2.75) is 44.2 Å². The molecule has 7 heteroatoms. The molecular weight excluding hydrogens is 334 g/mol. The Morgan fingerprint density at radius 3 is 2.62 bits per heavy atom. The second-order valence-electron chi connectivity index (χ2n) is 6.59. The van der Waals surface area contributed by atoms with E-state index in [4.69, 9.17) is 16.2 Å². The zero-order chi connectivity index (χ0) is 18.9. The van der Waals surface area contributed by atoms with Crippen molar-refractivity contribution in [3.63, 3.8) is 0 Å². The van der Waals surface area contributed by atoms with E-state index < -0.39 is 17.9 Å². The maximum absolute atomic E-state index is 12.3. The highest BCUT2D eigenvalue weighted by molar-refractivity contribution is 5.98. The van der Waals surface area contributed by atoms with Crippen LogP contribution in [0.25, 0.3) is 0 Å². The minimum atomic E-state index is -0.629. The van der Waals surface area contributed by atoms with Gasteiger partial charge in [-0.1, -0.05) is 36.8 Å². The molecule has 1 aliphatic rings. The van der Waals surface area contributed by atoms with Gasteiger partial charge in [0.1, 0.15) is 0 Å². The van der Waals surface area contributed by atoms with Gasteiger partial charge < -0.3 is 21.5 Å². The largest absolute Gasteiger partial charge is 0.457 e. The van der Waals surface area contributed by atoms with Crippen LogP contribution in [-0.4, -0.2) is 42.9 Å². The van der Waals surface area contributed by atoms with Gasteiger partial charge in [-0.05, 0) is 32.2 Å². The van der Waals surface area contributed by atoms with E-state index in [1.165, 1.54) is 0 Å². The predicted octanol–water partition coefficient (Wildman–Crippen LogP) is 0.764. The molecule has 1 fully saturated rings. The molecule has 1 amide bonds. The maximum atomic E-state index is 12.3. The monoisotopic (exact) mass is 361 g/mol. The summed E-state index contributed by atoms with van der Waals surface area (Å²) in [5.74, 6) is -1.42. The molecule has 0 spiro atoms. The number of carbonyl (C=O) groups excluding carboxylic acids is 3. The quantitative estimate of drug-likeness (QED) is 0.441. The van der Waals surface area contributed by atoms with Gasteiger partial charge in [0.25, 0.3) is 0 Å². The molecule has 1 aromatic rings. The van der Waals surface area contributed by atoms with E-state index in [0.717, 1.165) is 6.42 Å². The van der Waals surface area contributed by atoms with E-state index in [1.807, 2.05) is 6.07 Å². The van der Waals surface area contributed by atoms with Crippen LogP contribution < -0.4 is 16.8 Å². The summed E-state index contributed by atoms with van der Waals surface area (Å²) in [4.78, 5) is 36.5.